The highest BCUT2D eigenvalue weighted by Crippen LogP contribution is 2.25. The van der Waals surface area contributed by atoms with Crippen LogP contribution in [0.5, 0.6) is 5.75 Å². The summed E-state index contributed by atoms with van der Waals surface area (Å²) in [7, 11) is 1.71. The van der Waals surface area contributed by atoms with Gasteiger partial charge in [-0.3, -0.25) is 9.88 Å². The van der Waals surface area contributed by atoms with Crippen LogP contribution in [0.25, 0.3) is 0 Å². The maximum absolute atomic E-state index is 5.86. The van der Waals surface area contributed by atoms with Crippen molar-refractivity contribution < 1.29 is 9.47 Å². The highest BCUT2D eigenvalue weighted by molar-refractivity contribution is 5.41. The number of nitrogens with one attached hydrogen (secondary N) is 1. The number of aryl methyl sites for hydroxylation is 1. The fraction of sp³-hybridized carbons (Fsp3) is 0.500. The molecule has 2 aromatic rings. The third kappa shape index (κ3) is 4.43. The van der Waals surface area contributed by atoms with Gasteiger partial charge in [-0.2, -0.15) is 5.10 Å². The monoisotopic (exact) mass is 343 g/mol. The molecule has 1 N–H and O–H groups in total. The minimum Gasteiger partial charge on any atom is -0.496 e. The molecule has 3 rings (SSSR count). The molecule has 0 saturated carbocycles. The van der Waals surface area contributed by atoms with Gasteiger partial charge in [0.2, 0.25) is 0 Å². The Labute approximate surface area is 148 Å². The van der Waals surface area contributed by atoms with Gasteiger partial charge in [-0.1, -0.05) is 0 Å². The third-order valence-corrected chi connectivity index (χ3v) is 4.43. The molecule has 1 aliphatic rings. The predicted molar refractivity (Wildman–Crippen MR) is 95.8 cm³/mol. The number of morpholine rings is 1. The summed E-state index contributed by atoms with van der Waals surface area (Å²) < 4.78 is 11.4. The summed E-state index contributed by atoms with van der Waals surface area (Å²) in [5.41, 5.74) is 3.24. The van der Waals surface area contributed by atoms with Crippen molar-refractivity contribution in [2.45, 2.75) is 26.5 Å². The van der Waals surface area contributed by atoms with Crippen LogP contribution < -0.4 is 10.1 Å². The molecule has 2 aromatic heterocycles. The van der Waals surface area contributed by atoms with Crippen LogP contribution >= 0.6 is 0 Å². The van der Waals surface area contributed by atoms with E-state index in [-0.39, 0.29) is 6.10 Å². The van der Waals surface area contributed by atoms with Crippen LogP contribution in [0.3, 0.4) is 0 Å². The van der Waals surface area contributed by atoms with Gasteiger partial charge in [0.15, 0.2) is 0 Å². The molecule has 1 unspecified atom stereocenters. The summed E-state index contributed by atoms with van der Waals surface area (Å²) >= 11 is 0. The maximum atomic E-state index is 5.86. The second-order valence-corrected chi connectivity index (χ2v) is 6.26. The molecule has 0 aliphatic carbocycles. The van der Waals surface area contributed by atoms with Gasteiger partial charge in [0.05, 0.1) is 25.5 Å². The SMILES string of the molecule is COc1c(C)cnc(CN2CCOC(CNc3cccnn3)C2)c1C. The topological polar surface area (TPSA) is 72.4 Å². The molecule has 7 heteroatoms. The molecule has 0 spiro atoms. The Kier molecular flexibility index (Phi) is 5.78. The number of nitrogens with zero attached hydrogens (tertiary/aromatic N) is 4. The number of rotatable bonds is 6. The average molecular weight is 343 g/mol. The van der Waals surface area contributed by atoms with Gasteiger partial charge in [0, 0.05) is 49.7 Å². The number of pyridine rings is 1. The standard InChI is InChI=1S/C18H25N5O2/c1-13-9-19-16(14(2)18(13)24-3)12-23-7-8-25-15(11-23)10-20-17-5-4-6-21-22-17/h4-6,9,15H,7-8,10-12H2,1-3H3,(H,20,22). The fourth-order valence-electron chi connectivity index (χ4n) is 3.10. The molecule has 1 atom stereocenters. The predicted octanol–water partition coefficient (Wildman–Crippen LogP) is 1.81. The van der Waals surface area contributed by atoms with Crippen LogP contribution in [0.4, 0.5) is 5.82 Å². The van der Waals surface area contributed by atoms with E-state index in [4.69, 9.17) is 9.47 Å². The second kappa shape index (κ2) is 8.22. The number of aromatic nitrogens is 3. The number of ether oxygens (including phenoxy) is 2. The lowest BCUT2D eigenvalue weighted by Crippen LogP contribution is -2.45. The lowest BCUT2D eigenvalue weighted by atomic mass is 10.1. The minimum atomic E-state index is 0.114. The Hall–Kier alpha value is -2.25. The molecule has 25 heavy (non-hydrogen) atoms. The quantitative estimate of drug-likeness (QED) is 0.857. The molecule has 7 nitrogen and oxygen atoms in total. The molecule has 1 aliphatic heterocycles. The zero-order valence-corrected chi connectivity index (χ0v) is 15.0. The first-order valence-electron chi connectivity index (χ1n) is 8.52. The van der Waals surface area contributed by atoms with Crippen molar-refractivity contribution >= 4 is 5.82 Å². The first-order chi connectivity index (χ1) is 12.2. The van der Waals surface area contributed by atoms with Crippen molar-refractivity contribution in [3.05, 3.63) is 41.3 Å². The Balaban J connectivity index is 1.58. The average Bonchev–Trinajstić information content (AvgIpc) is 2.64. The van der Waals surface area contributed by atoms with E-state index in [0.29, 0.717) is 6.54 Å². The maximum Gasteiger partial charge on any atom is 0.148 e. The summed E-state index contributed by atoms with van der Waals surface area (Å²) in [5.74, 6) is 1.70. The van der Waals surface area contributed by atoms with Crippen LogP contribution in [-0.4, -0.2) is 59.5 Å². The Morgan fingerprint density at radius 2 is 2.28 bits per heavy atom. The molecule has 0 amide bonds. The summed E-state index contributed by atoms with van der Waals surface area (Å²) in [6.45, 7) is 8.07. The Morgan fingerprint density at radius 3 is 3.04 bits per heavy atom. The van der Waals surface area contributed by atoms with Gasteiger partial charge in [0.1, 0.15) is 11.6 Å². The normalized spacial score (nSPS) is 18.1. The van der Waals surface area contributed by atoms with Crippen molar-refractivity contribution in [2.75, 3.05) is 38.7 Å². The van der Waals surface area contributed by atoms with E-state index in [1.807, 2.05) is 25.3 Å². The van der Waals surface area contributed by atoms with E-state index in [1.165, 1.54) is 0 Å². The molecule has 0 radical (unpaired) electrons. The number of hydrogen-bond acceptors (Lipinski definition) is 7. The van der Waals surface area contributed by atoms with Gasteiger partial charge in [-0.05, 0) is 26.0 Å². The zero-order valence-electron chi connectivity index (χ0n) is 15.0. The molecule has 0 bridgehead atoms. The molecule has 134 valence electrons. The van der Waals surface area contributed by atoms with E-state index in [9.17, 15) is 0 Å². The van der Waals surface area contributed by atoms with Gasteiger partial charge in [0.25, 0.3) is 0 Å². The van der Waals surface area contributed by atoms with E-state index in [0.717, 1.165) is 54.6 Å². The van der Waals surface area contributed by atoms with Gasteiger partial charge in [-0.25, -0.2) is 0 Å². The second-order valence-electron chi connectivity index (χ2n) is 6.26. The van der Waals surface area contributed by atoms with Crippen molar-refractivity contribution in [1.82, 2.24) is 20.1 Å². The van der Waals surface area contributed by atoms with Crippen LogP contribution in [-0.2, 0) is 11.3 Å². The van der Waals surface area contributed by atoms with Gasteiger partial charge >= 0.3 is 0 Å². The highest BCUT2D eigenvalue weighted by Gasteiger charge is 2.22. The lowest BCUT2D eigenvalue weighted by molar-refractivity contribution is -0.0245. The number of hydrogen-bond donors (Lipinski definition) is 1. The van der Waals surface area contributed by atoms with E-state index < -0.39 is 0 Å². The van der Waals surface area contributed by atoms with Crippen molar-refractivity contribution in [1.29, 1.82) is 0 Å². The molecule has 0 aromatic carbocycles. The molecule has 1 saturated heterocycles. The molecule has 1 fully saturated rings. The lowest BCUT2D eigenvalue weighted by Gasteiger charge is -2.33. The first kappa shape index (κ1) is 17.6. The summed E-state index contributed by atoms with van der Waals surface area (Å²) in [6, 6.07) is 3.77. The first-order valence-corrected chi connectivity index (χ1v) is 8.52. The molecular formula is C18H25N5O2. The highest BCUT2D eigenvalue weighted by atomic mass is 16.5. The number of methoxy groups -OCH3 is 1. The Morgan fingerprint density at radius 1 is 1.40 bits per heavy atom. The van der Waals surface area contributed by atoms with Crippen molar-refractivity contribution in [2.24, 2.45) is 0 Å². The molecule has 3 heterocycles. The van der Waals surface area contributed by atoms with E-state index in [2.05, 4.69) is 32.3 Å². The van der Waals surface area contributed by atoms with Crippen LogP contribution in [0.2, 0.25) is 0 Å². The van der Waals surface area contributed by atoms with Crippen LogP contribution in [0.15, 0.2) is 24.5 Å². The minimum absolute atomic E-state index is 0.114. The third-order valence-electron chi connectivity index (χ3n) is 4.43. The number of anilines is 1. The van der Waals surface area contributed by atoms with Crippen molar-refractivity contribution in [3.63, 3.8) is 0 Å². The van der Waals surface area contributed by atoms with E-state index in [1.54, 1.807) is 13.3 Å². The summed E-state index contributed by atoms with van der Waals surface area (Å²) in [4.78, 5) is 6.97. The van der Waals surface area contributed by atoms with Gasteiger partial charge in [-0.15, -0.1) is 5.10 Å². The van der Waals surface area contributed by atoms with Crippen LogP contribution in [0.1, 0.15) is 16.8 Å². The summed E-state index contributed by atoms with van der Waals surface area (Å²) in [5, 5.41) is 11.2. The zero-order chi connectivity index (χ0) is 17.6. The summed E-state index contributed by atoms with van der Waals surface area (Å²) in [6.07, 6.45) is 3.66. The van der Waals surface area contributed by atoms with Gasteiger partial charge < -0.3 is 14.8 Å². The fourth-order valence-corrected chi connectivity index (χ4v) is 3.10. The van der Waals surface area contributed by atoms with Crippen LogP contribution in [0, 0.1) is 13.8 Å². The Bertz CT molecular complexity index is 695. The smallest absolute Gasteiger partial charge is 0.148 e. The van der Waals surface area contributed by atoms with E-state index >= 15 is 0 Å². The van der Waals surface area contributed by atoms with Crippen molar-refractivity contribution in [3.8, 4) is 5.75 Å². The largest absolute Gasteiger partial charge is 0.496 e. The molecular weight excluding hydrogens is 318 g/mol.